The second-order valence-electron chi connectivity index (χ2n) is 7.22. The van der Waals surface area contributed by atoms with Crippen molar-refractivity contribution < 1.29 is 13.9 Å². The molecule has 29 heavy (non-hydrogen) atoms. The Labute approximate surface area is 168 Å². The Morgan fingerprint density at radius 2 is 2.07 bits per heavy atom. The maximum Gasteiger partial charge on any atom is 0.256 e. The highest BCUT2D eigenvalue weighted by Gasteiger charge is 2.27. The molecule has 0 unspecified atom stereocenters. The lowest BCUT2D eigenvalue weighted by molar-refractivity contribution is 0.0630. The fourth-order valence-electron chi connectivity index (χ4n) is 3.54. The van der Waals surface area contributed by atoms with Crippen LogP contribution in [0.15, 0.2) is 48.9 Å². The summed E-state index contributed by atoms with van der Waals surface area (Å²) < 4.78 is 18.7. The Bertz CT molecular complexity index is 975. The molecule has 0 saturated carbocycles. The zero-order valence-electron chi connectivity index (χ0n) is 16.2. The second kappa shape index (κ2) is 8.38. The van der Waals surface area contributed by atoms with Gasteiger partial charge >= 0.3 is 0 Å². The number of amides is 1. The Kier molecular flexibility index (Phi) is 5.50. The molecule has 3 heterocycles. The molecule has 1 atom stereocenters. The van der Waals surface area contributed by atoms with Crippen molar-refractivity contribution in [2.24, 2.45) is 5.92 Å². The zero-order valence-corrected chi connectivity index (χ0v) is 16.2. The number of carbonyl (C=O) groups excluding carboxylic acids is 1. The van der Waals surface area contributed by atoms with Gasteiger partial charge in [-0.2, -0.15) is 15.0 Å². The van der Waals surface area contributed by atoms with Crippen LogP contribution in [-0.4, -0.2) is 50.5 Å². The highest BCUT2D eigenvalue weighted by Crippen LogP contribution is 2.23. The van der Waals surface area contributed by atoms with Crippen LogP contribution in [0, 0.1) is 18.7 Å². The Morgan fingerprint density at radius 1 is 1.24 bits per heavy atom. The monoisotopic (exact) mass is 395 g/mol. The number of benzene rings is 1. The third-order valence-corrected chi connectivity index (χ3v) is 4.99. The summed E-state index contributed by atoms with van der Waals surface area (Å²) in [5.74, 6) is 0.147. The van der Waals surface area contributed by atoms with Crippen molar-refractivity contribution in [1.82, 2.24) is 24.9 Å². The van der Waals surface area contributed by atoms with E-state index in [0.717, 1.165) is 24.6 Å². The van der Waals surface area contributed by atoms with Crippen LogP contribution in [-0.2, 0) is 0 Å². The first-order valence-corrected chi connectivity index (χ1v) is 9.61. The summed E-state index contributed by atoms with van der Waals surface area (Å²) in [7, 11) is 0. The van der Waals surface area contributed by atoms with E-state index in [1.165, 1.54) is 16.9 Å². The number of rotatable bonds is 5. The van der Waals surface area contributed by atoms with Gasteiger partial charge in [0.25, 0.3) is 5.91 Å². The van der Waals surface area contributed by atoms with Crippen molar-refractivity contribution >= 4 is 5.91 Å². The lowest BCUT2D eigenvalue weighted by atomic mass is 9.97. The number of piperidine rings is 1. The van der Waals surface area contributed by atoms with E-state index in [-0.39, 0.29) is 11.8 Å². The average Bonchev–Trinajstić information content (AvgIpc) is 3.28. The fourth-order valence-corrected chi connectivity index (χ4v) is 3.54. The first-order chi connectivity index (χ1) is 14.1. The summed E-state index contributed by atoms with van der Waals surface area (Å²) in [5, 5.41) is 8.34. The van der Waals surface area contributed by atoms with Gasteiger partial charge in [0.05, 0.1) is 36.4 Å². The molecule has 2 aromatic heterocycles. The summed E-state index contributed by atoms with van der Waals surface area (Å²) in [5.41, 5.74) is 2.26. The molecule has 1 saturated heterocycles. The number of nitrogens with zero attached hydrogens (tertiary/aromatic N) is 5. The summed E-state index contributed by atoms with van der Waals surface area (Å²) in [6.07, 6.45) is 6.18. The molecule has 1 aromatic carbocycles. The van der Waals surface area contributed by atoms with Crippen LogP contribution < -0.4 is 4.74 Å². The highest BCUT2D eigenvalue weighted by molar-refractivity contribution is 5.98. The molecule has 7 nitrogen and oxygen atoms in total. The largest absolute Gasteiger partial charge is 0.477 e. The van der Waals surface area contributed by atoms with Crippen molar-refractivity contribution in [3.8, 4) is 11.6 Å². The van der Waals surface area contributed by atoms with Crippen LogP contribution in [0.4, 0.5) is 4.39 Å². The molecule has 0 bridgehead atoms. The number of ether oxygens (including phenoxy) is 1. The Morgan fingerprint density at radius 3 is 2.83 bits per heavy atom. The number of aromatic nitrogens is 4. The predicted molar refractivity (Wildman–Crippen MR) is 104 cm³/mol. The number of halogens is 1. The van der Waals surface area contributed by atoms with E-state index in [0.29, 0.717) is 36.8 Å². The molecule has 8 heteroatoms. The molecule has 1 amide bonds. The molecule has 150 valence electrons. The molecule has 0 radical (unpaired) electrons. The van der Waals surface area contributed by atoms with Crippen molar-refractivity contribution in [1.29, 1.82) is 0 Å². The summed E-state index contributed by atoms with van der Waals surface area (Å²) in [6, 6.07) is 8.52. The normalized spacial score (nSPS) is 16.6. The highest BCUT2D eigenvalue weighted by atomic mass is 19.1. The van der Waals surface area contributed by atoms with Crippen LogP contribution in [0.2, 0.25) is 0 Å². The van der Waals surface area contributed by atoms with E-state index in [2.05, 4.69) is 15.2 Å². The predicted octanol–water partition coefficient (Wildman–Crippen LogP) is 3.04. The number of likely N-dealkylation sites (tertiary alicyclic amines) is 1. The first-order valence-electron chi connectivity index (χ1n) is 9.61. The van der Waals surface area contributed by atoms with E-state index in [1.807, 2.05) is 30.0 Å². The smallest absolute Gasteiger partial charge is 0.256 e. The number of hydrogen-bond acceptors (Lipinski definition) is 5. The number of pyridine rings is 1. The SMILES string of the molecule is Cc1ccc(-n2nccn2)c(C(=O)N2CCC[C@@H](COc3ccc(F)cn3)C2)c1. The lowest BCUT2D eigenvalue weighted by Gasteiger charge is -2.33. The van der Waals surface area contributed by atoms with E-state index in [4.69, 9.17) is 4.74 Å². The van der Waals surface area contributed by atoms with Crippen molar-refractivity contribution in [2.45, 2.75) is 19.8 Å². The average molecular weight is 395 g/mol. The van der Waals surface area contributed by atoms with Crippen LogP contribution >= 0.6 is 0 Å². The molecule has 1 aliphatic heterocycles. The molecule has 0 aliphatic carbocycles. The fraction of sp³-hybridized carbons (Fsp3) is 0.333. The molecule has 0 N–H and O–H groups in total. The summed E-state index contributed by atoms with van der Waals surface area (Å²) in [4.78, 5) is 20.5. The number of hydrogen-bond donors (Lipinski definition) is 0. The molecule has 1 aliphatic rings. The minimum Gasteiger partial charge on any atom is -0.477 e. The van der Waals surface area contributed by atoms with E-state index < -0.39 is 5.82 Å². The maximum atomic E-state index is 13.3. The molecule has 3 aromatic rings. The van der Waals surface area contributed by atoms with Crippen LogP contribution in [0.3, 0.4) is 0 Å². The zero-order chi connectivity index (χ0) is 20.2. The quantitative estimate of drug-likeness (QED) is 0.664. The first kappa shape index (κ1) is 19.0. The minimum absolute atomic E-state index is 0.0365. The van der Waals surface area contributed by atoms with Gasteiger partial charge in [0.15, 0.2) is 0 Å². The third-order valence-electron chi connectivity index (χ3n) is 4.99. The topological polar surface area (TPSA) is 73.1 Å². The van der Waals surface area contributed by atoms with Gasteiger partial charge in [-0.25, -0.2) is 9.37 Å². The van der Waals surface area contributed by atoms with Crippen LogP contribution in [0.5, 0.6) is 5.88 Å². The number of aryl methyl sites for hydroxylation is 1. The Hall–Kier alpha value is -3.29. The van der Waals surface area contributed by atoms with Crippen LogP contribution in [0.25, 0.3) is 5.69 Å². The van der Waals surface area contributed by atoms with Gasteiger partial charge in [-0.3, -0.25) is 4.79 Å². The van der Waals surface area contributed by atoms with Gasteiger partial charge in [0, 0.05) is 25.1 Å². The van der Waals surface area contributed by atoms with Gasteiger partial charge in [0.2, 0.25) is 5.88 Å². The van der Waals surface area contributed by atoms with Crippen molar-refractivity contribution in [3.63, 3.8) is 0 Å². The van der Waals surface area contributed by atoms with E-state index >= 15 is 0 Å². The van der Waals surface area contributed by atoms with Crippen molar-refractivity contribution in [3.05, 3.63) is 65.9 Å². The molecule has 4 rings (SSSR count). The molecular weight excluding hydrogens is 373 g/mol. The maximum absolute atomic E-state index is 13.3. The van der Waals surface area contributed by atoms with Crippen molar-refractivity contribution in [2.75, 3.05) is 19.7 Å². The van der Waals surface area contributed by atoms with Gasteiger partial charge in [-0.15, -0.1) is 0 Å². The number of carbonyl (C=O) groups is 1. The lowest BCUT2D eigenvalue weighted by Crippen LogP contribution is -2.42. The summed E-state index contributed by atoms with van der Waals surface area (Å²) >= 11 is 0. The van der Waals surface area contributed by atoms with Gasteiger partial charge in [-0.1, -0.05) is 11.6 Å². The van der Waals surface area contributed by atoms with Gasteiger partial charge in [0.1, 0.15) is 5.82 Å². The second-order valence-corrected chi connectivity index (χ2v) is 7.22. The Balaban J connectivity index is 1.46. The van der Waals surface area contributed by atoms with Crippen LogP contribution in [0.1, 0.15) is 28.8 Å². The van der Waals surface area contributed by atoms with Gasteiger partial charge in [-0.05, 0) is 38.0 Å². The third kappa shape index (κ3) is 4.42. The molecule has 1 fully saturated rings. The van der Waals surface area contributed by atoms with E-state index in [1.54, 1.807) is 12.4 Å². The molecular formula is C21H22FN5O2. The summed E-state index contributed by atoms with van der Waals surface area (Å²) in [6.45, 7) is 3.69. The van der Waals surface area contributed by atoms with Gasteiger partial charge < -0.3 is 9.64 Å². The van der Waals surface area contributed by atoms with E-state index in [9.17, 15) is 9.18 Å². The standard InChI is InChI=1S/C21H22FN5O2/c1-15-4-6-19(27-24-8-9-25-27)18(11-15)21(28)26-10-2-3-16(13-26)14-29-20-7-5-17(22)12-23-20/h4-9,11-12,16H,2-3,10,13-14H2,1H3/t16-/m1/s1. The minimum atomic E-state index is -0.396. The molecule has 0 spiro atoms.